The van der Waals surface area contributed by atoms with E-state index in [1.807, 2.05) is 6.07 Å². The summed E-state index contributed by atoms with van der Waals surface area (Å²) in [6.45, 7) is 3.47. The highest BCUT2D eigenvalue weighted by Gasteiger charge is 2.20. The van der Waals surface area contributed by atoms with Gasteiger partial charge in [-0.1, -0.05) is 30.3 Å². The monoisotopic (exact) mass is 233 g/mol. The van der Waals surface area contributed by atoms with Crippen LogP contribution in [0.25, 0.3) is 0 Å². The van der Waals surface area contributed by atoms with Gasteiger partial charge in [0.15, 0.2) is 0 Å². The Labute approximate surface area is 102 Å². The molecule has 0 bridgehead atoms. The van der Waals surface area contributed by atoms with Crippen molar-refractivity contribution in [2.24, 2.45) is 5.73 Å². The molecule has 1 heterocycles. The maximum absolute atomic E-state index is 7.30. The van der Waals surface area contributed by atoms with Crippen LogP contribution in [-0.2, 0) is 11.3 Å². The number of nitrogens with zero attached hydrogens (tertiary/aromatic N) is 1. The number of benzene rings is 1. The maximum atomic E-state index is 7.30. The Balaban J connectivity index is 1.87. The topological polar surface area (TPSA) is 62.3 Å². The number of ether oxygens (including phenoxy) is 1. The molecule has 1 aliphatic heterocycles. The molecule has 3 N–H and O–H groups in total. The Morgan fingerprint density at radius 1 is 1.41 bits per heavy atom. The SMILES string of the molecule is N=C(N)CC1CN(Cc2ccccc2)CCO1. The van der Waals surface area contributed by atoms with Crippen molar-refractivity contribution in [2.45, 2.75) is 19.1 Å². The first-order chi connectivity index (χ1) is 8.24. The Morgan fingerprint density at radius 3 is 2.88 bits per heavy atom. The van der Waals surface area contributed by atoms with Crippen LogP contribution < -0.4 is 5.73 Å². The van der Waals surface area contributed by atoms with Gasteiger partial charge in [0.25, 0.3) is 0 Å². The largest absolute Gasteiger partial charge is 0.388 e. The molecule has 4 heteroatoms. The minimum absolute atomic E-state index is 0.0740. The van der Waals surface area contributed by atoms with E-state index >= 15 is 0 Å². The summed E-state index contributed by atoms with van der Waals surface area (Å²) in [4.78, 5) is 2.35. The molecule has 4 nitrogen and oxygen atoms in total. The first kappa shape index (κ1) is 12.1. The number of hydrogen-bond donors (Lipinski definition) is 2. The van der Waals surface area contributed by atoms with Crippen molar-refractivity contribution >= 4 is 5.84 Å². The van der Waals surface area contributed by atoms with Crippen molar-refractivity contribution in [1.29, 1.82) is 5.41 Å². The molecule has 92 valence electrons. The van der Waals surface area contributed by atoms with Crippen LogP contribution in [0.1, 0.15) is 12.0 Å². The first-order valence-electron chi connectivity index (χ1n) is 5.95. The van der Waals surface area contributed by atoms with Crippen LogP contribution in [0.4, 0.5) is 0 Å². The Hall–Kier alpha value is -1.39. The molecule has 0 spiro atoms. The zero-order chi connectivity index (χ0) is 12.1. The van der Waals surface area contributed by atoms with E-state index in [1.54, 1.807) is 0 Å². The van der Waals surface area contributed by atoms with E-state index in [4.69, 9.17) is 15.9 Å². The molecule has 2 rings (SSSR count). The highest BCUT2D eigenvalue weighted by Crippen LogP contribution is 2.12. The normalized spacial score (nSPS) is 21.3. The van der Waals surface area contributed by atoms with Gasteiger partial charge in [0, 0.05) is 26.1 Å². The zero-order valence-electron chi connectivity index (χ0n) is 9.93. The van der Waals surface area contributed by atoms with Crippen LogP contribution in [-0.4, -0.2) is 36.5 Å². The fourth-order valence-corrected chi connectivity index (χ4v) is 2.13. The van der Waals surface area contributed by atoms with Crippen LogP contribution in [0, 0.1) is 5.41 Å². The number of rotatable bonds is 4. The molecule has 0 aliphatic carbocycles. The van der Waals surface area contributed by atoms with Gasteiger partial charge < -0.3 is 10.5 Å². The second-order valence-corrected chi connectivity index (χ2v) is 4.44. The molecular formula is C13H19N3O. The van der Waals surface area contributed by atoms with E-state index in [-0.39, 0.29) is 11.9 Å². The molecule has 1 aromatic rings. The smallest absolute Gasteiger partial charge is 0.0931 e. The molecule has 0 saturated carbocycles. The van der Waals surface area contributed by atoms with Crippen LogP contribution in [0.5, 0.6) is 0 Å². The van der Waals surface area contributed by atoms with Gasteiger partial charge in [-0.05, 0) is 5.56 Å². The van der Waals surface area contributed by atoms with Crippen LogP contribution >= 0.6 is 0 Å². The first-order valence-corrected chi connectivity index (χ1v) is 5.95. The number of nitrogens with one attached hydrogen (secondary N) is 1. The molecule has 17 heavy (non-hydrogen) atoms. The molecule has 0 aromatic heterocycles. The lowest BCUT2D eigenvalue weighted by Crippen LogP contribution is -2.43. The van der Waals surface area contributed by atoms with Crippen molar-refractivity contribution in [1.82, 2.24) is 4.90 Å². The molecule has 1 saturated heterocycles. The number of hydrogen-bond acceptors (Lipinski definition) is 3. The summed E-state index contributed by atoms with van der Waals surface area (Å²) in [6.07, 6.45) is 0.607. The Morgan fingerprint density at radius 2 is 2.18 bits per heavy atom. The summed E-state index contributed by atoms with van der Waals surface area (Å²) in [5.41, 5.74) is 6.72. The highest BCUT2D eigenvalue weighted by atomic mass is 16.5. The maximum Gasteiger partial charge on any atom is 0.0931 e. The van der Waals surface area contributed by atoms with E-state index in [0.29, 0.717) is 6.42 Å². The predicted molar refractivity (Wildman–Crippen MR) is 68.0 cm³/mol. The summed E-state index contributed by atoms with van der Waals surface area (Å²) in [7, 11) is 0. The Kier molecular flexibility index (Phi) is 4.12. The minimum atomic E-state index is 0.0740. The quantitative estimate of drug-likeness (QED) is 0.607. The molecule has 1 aromatic carbocycles. The van der Waals surface area contributed by atoms with Crippen LogP contribution in [0.2, 0.25) is 0 Å². The fourth-order valence-electron chi connectivity index (χ4n) is 2.13. The lowest BCUT2D eigenvalue weighted by Gasteiger charge is -2.32. The van der Waals surface area contributed by atoms with Gasteiger partial charge in [-0.3, -0.25) is 10.3 Å². The van der Waals surface area contributed by atoms with Crippen LogP contribution in [0.3, 0.4) is 0 Å². The summed E-state index contributed by atoms with van der Waals surface area (Å²) in [6, 6.07) is 10.4. The second-order valence-electron chi connectivity index (χ2n) is 4.44. The average molecular weight is 233 g/mol. The van der Waals surface area contributed by atoms with E-state index in [1.165, 1.54) is 5.56 Å². The standard InChI is InChI=1S/C13H19N3O/c14-13(15)8-12-10-16(6-7-17-12)9-11-4-2-1-3-5-11/h1-5,12H,6-10H2,(H3,14,15). The Bertz CT molecular complexity index is 366. The van der Waals surface area contributed by atoms with E-state index in [2.05, 4.69) is 29.2 Å². The van der Waals surface area contributed by atoms with Gasteiger partial charge in [-0.2, -0.15) is 0 Å². The summed E-state index contributed by atoms with van der Waals surface area (Å²) in [5, 5.41) is 7.30. The molecule has 1 unspecified atom stereocenters. The van der Waals surface area contributed by atoms with Crippen molar-refractivity contribution in [3.8, 4) is 0 Å². The molecule has 0 radical (unpaired) electrons. The molecular weight excluding hydrogens is 214 g/mol. The number of morpholine rings is 1. The molecule has 0 amide bonds. The number of amidine groups is 1. The van der Waals surface area contributed by atoms with Gasteiger partial charge in [0.05, 0.1) is 18.5 Å². The van der Waals surface area contributed by atoms with Crippen molar-refractivity contribution < 1.29 is 4.74 Å². The minimum Gasteiger partial charge on any atom is -0.388 e. The predicted octanol–water partition coefficient (Wildman–Crippen LogP) is 1.21. The third-order valence-electron chi connectivity index (χ3n) is 2.92. The van der Waals surface area contributed by atoms with Crippen molar-refractivity contribution in [3.63, 3.8) is 0 Å². The van der Waals surface area contributed by atoms with Crippen molar-refractivity contribution in [3.05, 3.63) is 35.9 Å². The summed E-state index contributed by atoms with van der Waals surface area (Å²) >= 11 is 0. The van der Waals surface area contributed by atoms with Gasteiger partial charge in [-0.15, -0.1) is 0 Å². The molecule has 1 fully saturated rings. The third kappa shape index (κ3) is 3.84. The number of nitrogens with two attached hydrogens (primary N) is 1. The van der Waals surface area contributed by atoms with E-state index in [9.17, 15) is 0 Å². The second kappa shape index (κ2) is 5.80. The van der Waals surface area contributed by atoms with Crippen molar-refractivity contribution in [2.75, 3.05) is 19.7 Å². The van der Waals surface area contributed by atoms with Gasteiger partial charge in [0.2, 0.25) is 0 Å². The fraction of sp³-hybridized carbons (Fsp3) is 0.462. The van der Waals surface area contributed by atoms with E-state index in [0.717, 1.165) is 26.2 Å². The highest BCUT2D eigenvalue weighted by molar-refractivity contribution is 5.77. The average Bonchev–Trinajstić information content (AvgIpc) is 2.30. The summed E-state index contributed by atoms with van der Waals surface area (Å²) < 4.78 is 5.59. The lowest BCUT2D eigenvalue weighted by atomic mass is 10.1. The zero-order valence-corrected chi connectivity index (χ0v) is 9.93. The van der Waals surface area contributed by atoms with Crippen LogP contribution in [0.15, 0.2) is 30.3 Å². The summed E-state index contributed by atoms with van der Waals surface area (Å²) in [5.74, 6) is 0.205. The third-order valence-corrected chi connectivity index (χ3v) is 2.92. The van der Waals surface area contributed by atoms with E-state index < -0.39 is 0 Å². The lowest BCUT2D eigenvalue weighted by molar-refractivity contribution is -0.0272. The van der Waals surface area contributed by atoms with Gasteiger partial charge in [0.1, 0.15) is 0 Å². The van der Waals surface area contributed by atoms with Gasteiger partial charge in [-0.25, -0.2) is 0 Å². The van der Waals surface area contributed by atoms with Gasteiger partial charge >= 0.3 is 0 Å². The molecule has 1 aliphatic rings. The molecule has 1 atom stereocenters.